The Labute approximate surface area is 77.1 Å². The first-order valence-electron chi connectivity index (χ1n) is 3.94. The Morgan fingerprint density at radius 2 is 2.00 bits per heavy atom. The normalized spacial score (nSPS) is 10.6. The van der Waals surface area contributed by atoms with Crippen molar-refractivity contribution in [3.8, 4) is 6.07 Å². The zero-order valence-electron chi connectivity index (χ0n) is 7.32. The Balaban J connectivity index is 3.06. The molecule has 0 radical (unpaired) electrons. The molecule has 0 aliphatic carbocycles. The van der Waals surface area contributed by atoms with E-state index < -0.39 is 0 Å². The van der Waals surface area contributed by atoms with Crippen molar-refractivity contribution in [1.29, 1.82) is 5.26 Å². The van der Waals surface area contributed by atoms with Crippen LogP contribution < -0.4 is 0 Å². The molecule has 0 amide bonds. The van der Waals surface area contributed by atoms with Gasteiger partial charge in [-0.2, -0.15) is 5.26 Å². The summed E-state index contributed by atoms with van der Waals surface area (Å²) in [7, 11) is 0. The predicted octanol–water partition coefficient (Wildman–Crippen LogP) is 2.16. The molecule has 13 heavy (non-hydrogen) atoms. The number of carbonyl (C=O) groups excluding carboxylic acids is 1. The molecule has 0 bridgehead atoms. The minimum absolute atomic E-state index is 0.602. The van der Waals surface area contributed by atoms with Crippen LogP contribution in [-0.2, 0) is 4.79 Å². The van der Waals surface area contributed by atoms with Crippen LogP contribution in [0.4, 0.5) is 0 Å². The molecule has 1 aromatic carbocycles. The number of aldehydes is 1. The lowest BCUT2D eigenvalue weighted by Crippen LogP contribution is -1.85. The van der Waals surface area contributed by atoms with Crippen molar-refractivity contribution in [2.75, 3.05) is 0 Å². The minimum Gasteiger partial charge on any atom is -0.298 e. The zero-order valence-corrected chi connectivity index (χ0v) is 7.32. The van der Waals surface area contributed by atoms with Crippen molar-refractivity contribution in [3.05, 3.63) is 41.5 Å². The number of nitriles is 1. The first-order valence-corrected chi connectivity index (χ1v) is 3.94. The van der Waals surface area contributed by atoms with Gasteiger partial charge in [-0.1, -0.05) is 18.2 Å². The highest BCUT2D eigenvalue weighted by atomic mass is 16.1. The molecule has 2 nitrogen and oxygen atoms in total. The topological polar surface area (TPSA) is 40.9 Å². The molecule has 0 spiro atoms. The van der Waals surface area contributed by atoms with Gasteiger partial charge in [-0.25, -0.2) is 0 Å². The van der Waals surface area contributed by atoms with E-state index in [9.17, 15) is 4.79 Å². The van der Waals surface area contributed by atoms with Crippen LogP contribution in [0.1, 0.15) is 18.1 Å². The molecule has 0 heterocycles. The van der Waals surface area contributed by atoms with Gasteiger partial charge in [0.25, 0.3) is 0 Å². The van der Waals surface area contributed by atoms with Gasteiger partial charge in [-0.15, -0.1) is 0 Å². The van der Waals surface area contributed by atoms with Crippen LogP contribution in [0.5, 0.6) is 0 Å². The minimum atomic E-state index is 0.602. The molecule has 0 aromatic heterocycles. The number of benzene rings is 1. The van der Waals surface area contributed by atoms with E-state index in [0.29, 0.717) is 11.1 Å². The Bertz CT molecular complexity index is 368. The zero-order chi connectivity index (χ0) is 9.68. The predicted molar refractivity (Wildman–Crippen MR) is 50.9 cm³/mol. The second-order valence-electron chi connectivity index (χ2n) is 2.55. The lowest BCUT2D eigenvalue weighted by atomic mass is 10.1. The summed E-state index contributed by atoms with van der Waals surface area (Å²) in [5.41, 5.74) is 2.09. The van der Waals surface area contributed by atoms with E-state index in [4.69, 9.17) is 5.26 Å². The summed E-state index contributed by atoms with van der Waals surface area (Å²) in [6.45, 7) is 1.81. The molecule has 2 heteroatoms. The lowest BCUT2D eigenvalue weighted by molar-refractivity contribution is -0.103. The van der Waals surface area contributed by atoms with Crippen molar-refractivity contribution < 1.29 is 4.79 Å². The van der Waals surface area contributed by atoms with Crippen LogP contribution in [0.2, 0.25) is 0 Å². The second kappa shape index (κ2) is 4.22. The first kappa shape index (κ1) is 9.21. The van der Waals surface area contributed by atoms with Gasteiger partial charge >= 0.3 is 0 Å². The maximum Gasteiger partial charge on any atom is 0.150 e. The molecule has 0 saturated carbocycles. The molecule has 1 aromatic rings. The van der Waals surface area contributed by atoms with Crippen molar-refractivity contribution >= 4 is 11.9 Å². The highest BCUT2D eigenvalue weighted by Crippen LogP contribution is 2.12. The Kier molecular flexibility index (Phi) is 2.99. The highest BCUT2D eigenvalue weighted by molar-refractivity contribution is 6.06. The molecular formula is C11H9NO. The molecule has 1 rings (SSSR count). The van der Waals surface area contributed by atoms with Crippen molar-refractivity contribution in [3.63, 3.8) is 0 Å². The molecule has 0 saturated heterocycles. The van der Waals surface area contributed by atoms with Crippen molar-refractivity contribution in [1.82, 2.24) is 0 Å². The van der Waals surface area contributed by atoms with Gasteiger partial charge in [-0.05, 0) is 24.6 Å². The molecule has 0 atom stereocenters. The molecular weight excluding hydrogens is 162 g/mol. The number of hydrogen-bond donors (Lipinski definition) is 0. The highest BCUT2D eigenvalue weighted by Gasteiger charge is 1.97. The smallest absolute Gasteiger partial charge is 0.150 e. The van der Waals surface area contributed by atoms with Gasteiger partial charge < -0.3 is 0 Å². The van der Waals surface area contributed by atoms with E-state index >= 15 is 0 Å². The monoisotopic (exact) mass is 171 g/mol. The van der Waals surface area contributed by atoms with Crippen LogP contribution in [0.25, 0.3) is 5.57 Å². The molecule has 0 N–H and O–H groups in total. The summed E-state index contributed by atoms with van der Waals surface area (Å²) in [6.07, 6.45) is 2.55. The number of nitrogens with zero attached hydrogens (tertiary/aromatic N) is 1. The largest absolute Gasteiger partial charge is 0.298 e. The number of hydrogen-bond acceptors (Lipinski definition) is 2. The Hall–Kier alpha value is -1.88. The molecule has 0 unspecified atom stereocenters. The SMILES string of the molecule is CC=C(C=O)c1ccc(C#N)cc1. The average Bonchev–Trinajstić information content (AvgIpc) is 2.21. The van der Waals surface area contributed by atoms with Crippen LogP contribution >= 0.6 is 0 Å². The molecule has 0 fully saturated rings. The van der Waals surface area contributed by atoms with E-state index in [1.165, 1.54) is 0 Å². The summed E-state index contributed by atoms with van der Waals surface area (Å²) in [5, 5.41) is 8.55. The molecule has 0 aliphatic rings. The van der Waals surface area contributed by atoms with Crippen LogP contribution in [0.3, 0.4) is 0 Å². The third-order valence-corrected chi connectivity index (χ3v) is 1.79. The second-order valence-corrected chi connectivity index (χ2v) is 2.55. The Morgan fingerprint density at radius 1 is 1.38 bits per heavy atom. The van der Waals surface area contributed by atoms with Gasteiger partial charge in [0.1, 0.15) is 6.29 Å². The fourth-order valence-electron chi connectivity index (χ4n) is 1.04. The van der Waals surface area contributed by atoms with Crippen molar-refractivity contribution in [2.45, 2.75) is 6.92 Å². The number of rotatable bonds is 2. The third-order valence-electron chi connectivity index (χ3n) is 1.79. The van der Waals surface area contributed by atoms with Gasteiger partial charge in [0.2, 0.25) is 0 Å². The fraction of sp³-hybridized carbons (Fsp3) is 0.0909. The quantitative estimate of drug-likeness (QED) is 0.505. The summed E-state index contributed by atoms with van der Waals surface area (Å²) in [6, 6.07) is 8.95. The lowest BCUT2D eigenvalue weighted by Gasteiger charge is -1.97. The summed E-state index contributed by atoms with van der Waals surface area (Å²) in [4.78, 5) is 10.6. The van der Waals surface area contributed by atoms with E-state index in [0.717, 1.165) is 11.8 Å². The average molecular weight is 171 g/mol. The van der Waals surface area contributed by atoms with Crippen LogP contribution in [0, 0.1) is 11.3 Å². The van der Waals surface area contributed by atoms with Crippen LogP contribution in [0.15, 0.2) is 30.3 Å². The fourth-order valence-corrected chi connectivity index (χ4v) is 1.04. The van der Waals surface area contributed by atoms with Crippen molar-refractivity contribution in [2.24, 2.45) is 0 Å². The third kappa shape index (κ3) is 2.03. The van der Waals surface area contributed by atoms with E-state index in [-0.39, 0.29) is 0 Å². The maximum atomic E-state index is 10.6. The molecule has 0 aliphatic heterocycles. The standard InChI is InChI=1S/C11H9NO/c1-2-10(8-13)11-5-3-9(7-12)4-6-11/h2-6,8H,1H3. The van der Waals surface area contributed by atoms with Gasteiger partial charge in [-0.3, -0.25) is 4.79 Å². The summed E-state index contributed by atoms with van der Waals surface area (Å²) in [5.74, 6) is 0. The van der Waals surface area contributed by atoms with E-state index in [2.05, 4.69) is 0 Å². The van der Waals surface area contributed by atoms with Gasteiger partial charge in [0.05, 0.1) is 11.6 Å². The Morgan fingerprint density at radius 3 is 2.38 bits per heavy atom. The van der Waals surface area contributed by atoms with Gasteiger partial charge in [0, 0.05) is 5.57 Å². The number of allylic oxidation sites excluding steroid dienone is 2. The van der Waals surface area contributed by atoms with E-state index in [1.807, 2.05) is 13.0 Å². The maximum absolute atomic E-state index is 10.6. The van der Waals surface area contributed by atoms with Gasteiger partial charge in [0.15, 0.2) is 0 Å². The first-order chi connectivity index (χ1) is 6.31. The summed E-state index contributed by atoms with van der Waals surface area (Å²) >= 11 is 0. The number of carbonyl (C=O) groups is 1. The van der Waals surface area contributed by atoms with Crippen LogP contribution in [-0.4, -0.2) is 6.29 Å². The summed E-state index contributed by atoms with van der Waals surface area (Å²) < 4.78 is 0. The van der Waals surface area contributed by atoms with E-state index in [1.54, 1.807) is 30.3 Å². The molecule has 64 valence electrons.